The molecule has 21 heavy (non-hydrogen) atoms. The summed E-state index contributed by atoms with van der Waals surface area (Å²) in [5.74, 6) is 1.25. The number of para-hydroxylation sites is 1. The maximum Gasteiger partial charge on any atom is 0.166 e. The lowest BCUT2D eigenvalue weighted by Crippen LogP contribution is -2.32. The quantitative estimate of drug-likeness (QED) is 0.518. The van der Waals surface area contributed by atoms with E-state index in [0.29, 0.717) is 43.0 Å². The van der Waals surface area contributed by atoms with Crippen molar-refractivity contribution in [3.63, 3.8) is 0 Å². The highest BCUT2D eigenvalue weighted by Crippen LogP contribution is 2.34. The van der Waals surface area contributed by atoms with Gasteiger partial charge in [0.05, 0.1) is 18.3 Å². The van der Waals surface area contributed by atoms with Gasteiger partial charge in [0.25, 0.3) is 0 Å². The molecule has 1 aliphatic carbocycles. The van der Waals surface area contributed by atoms with Gasteiger partial charge < -0.3 is 14.2 Å². The van der Waals surface area contributed by atoms with Gasteiger partial charge in [-0.2, -0.15) is 0 Å². The second kappa shape index (κ2) is 8.15. The molecule has 0 amide bonds. The fourth-order valence-electron chi connectivity index (χ4n) is 2.64. The summed E-state index contributed by atoms with van der Waals surface area (Å²) in [5, 5.41) is 0. The van der Waals surface area contributed by atoms with E-state index < -0.39 is 0 Å². The largest absolute Gasteiger partial charge is 0.490 e. The molecule has 0 spiro atoms. The Hall–Kier alpha value is -1.39. The predicted octanol–water partition coefficient (Wildman–Crippen LogP) is 3.10. The molecule has 116 valence electrons. The fraction of sp³-hybridized carbons (Fsp3) is 0.588. The molecule has 4 heteroatoms. The van der Waals surface area contributed by atoms with Crippen LogP contribution in [0, 0.1) is 5.92 Å². The van der Waals surface area contributed by atoms with E-state index in [1.165, 1.54) is 0 Å². The molecule has 1 aliphatic rings. The number of rotatable bonds is 9. The molecule has 0 bridgehead atoms. The molecule has 0 heterocycles. The summed E-state index contributed by atoms with van der Waals surface area (Å²) in [6.07, 6.45) is 2.91. The highest BCUT2D eigenvalue weighted by atomic mass is 16.5. The summed E-state index contributed by atoms with van der Waals surface area (Å²) in [4.78, 5) is 12.4. The Morgan fingerprint density at radius 3 is 2.71 bits per heavy atom. The zero-order valence-electron chi connectivity index (χ0n) is 12.8. The molecule has 0 unspecified atom stereocenters. The number of hydrogen-bond acceptors (Lipinski definition) is 4. The van der Waals surface area contributed by atoms with Gasteiger partial charge in [-0.3, -0.25) is 4.79 Å². The number of Topliss-reactive ketones (excluding diaryl/α,β-unsaturated/α-hetero) is 1. The molecule has 1 aromatic carbocycles. The molecular weight excluding hydrogens is 268 g/mol. The Balaban J connectivity index is 1.87. The summed E-state index contributed by atoms with van der Waals surface area (Å²) in [7, 11) is 1.63. The smallest absolute Gasteiger partial charge is 0.166 e. The summed E-state index contributed by atoms with van der Waals surface area (Å²) in [5.41, 5.74) is 0.675. The van der Waals surface area contributed by atoms with E-state index in [1.54, 1.807) is 7.11 Å². The van der Waals surface area contributed by atoms with Crippen LogP contribution in [0.4, 0.5) is 0 Å². The Labute approximate surface area is 126 Å². The minimum atomic E-state index is 0.156. The van der Waals surface area contributed by atoms with Crippen LogP contribution in [-0.2, 0) is 9.47 Å². The Morgan fingerprint density at radius 1 is 1.24 bits per heavy atom. The Kier molecular flexibility index (Phi) is 6.21. The zero-order chi connectivity index (χ0) is 15.1. The van der Waals surface area contributed by atoms with Crippen molar-refractivity contribution in [3.8, 4) is 5.75 Å². The van der Waals surface area contributed by atoms with Crippen molar-refractivity contribution in [2.45, 2.75) is 32.3 Å². The van der Waals surface area contributed by atoms with Crippen molar-refractivity contribution in [3.05, 3.63) is 29.8 Å². The number of ketones is 1. The first kappa shape index (κ1) is 16.0. The molecule has 0 aliphatic heterocycles. The zero-order valence-corrected chi connectivity index (χ0v) is 12.8. The second-order valence-electron chi connectivity index (χ2n) is 5.38. The minimum absolute atomic E-state index is 0.156. The van der Waals surface area contributed by atoms with Gasteiger partial charge in [-0.1, -0.05) is 12.1 Å². The monoisotopic (exact) mass is 292 g/mol. The van der Waals surface area contributed by atoms with Crippen LogP contribution in [0.15, 0.2) is 24.3 Å². The summed E-state index contributed by atoms with van der Waals surface area (Å²) in [6, 6.07) is 7.43. The number of carbonyl (C=O) groups is 1. The molecule has 0 aromatic heterocycles. The summed E-state index contributed by atoms with van der Waals surface area (Å²) < 4.78 is 16.1. The van der Waals surface area contributed by atoms with E-state index in [2.05, 4.69) is 0 Å². The average molecular weight is 292 g/mol. The number of benzene rings is 1. The first-order valence-electron chi connectivity index (χ1n) is 7.60. The third-order valence-corrected chi connectivity index (χ3v) is 3.80. The van der Waals surface area contributed by atoms with E-state index in [0.717, 1.165) is 19.4 Å². The van der Waals surface area contributed by atoms with Gasteiger partial charge in [-0.05, 0) is 37.8 Å². The SMILES string of the molecule is CCOC1CC(CC(=O)c2ccccc2OCCOC)C1. The second-order valence-corrected chi connectivity index (χ2v) is 5.38. The molecule has 1 saturated carbocycles. The van der Waals surface area contributed by atoms with Gasteiger partial charge in [-0.15, -0.1) is 0 Å². The molecule has 0 atom stereocenters. The highest BCUT2D eigenvalue weighted by Gasteiger charge is 2.31. The third-order valence-electron chi connectivity index (χ3n) is 3.80. The molecule has 0 saturated heterocycles. The van der Waals surface area contributed by atoms with Crippen molar-refractivity contribution in [1.82, 2.24) is 0 Å². The molecule has 0 radical (unpaired) electrons. The van der Waals surface area contributed by atoms with Gasteiger partial charge >= 0.3 is 0 Å². The van der Waals surface area contributed by atoms with Crippen molar-refractivity contribution < 1.29 is 19.0 Å². The van der Waals surface area contributed by atoms with Crippen molar-refractivity contribution in [2.24, 2.45) is 5.92 Å². The molecule has 1 fully saturated rings. The highest BCUT2D eigenvalue weighted by molar-refractivity contribution is 5.98. The van der Waals surface area contributed by atoms with Crippen molar-refractivity contribution in [1.29, 1.82) is 0 Å². The van der Waals surface area contributed by atoms with Gasteiger partial charge in [0.2, 0.25) is 0 Å². The van der Waals surface area contributed by atoms with Gasteiger partial charge in [0.15, 0.2) is 5.78 Å². The Morgan fingerprint density at radius 2 is 2.00 bits per heavy atom. The summed E-state index contributed by atoms with van der Waals surface area (Å²) in [6.45, 7) is 3.73. The van der Waals surface area contributed by atoms with Gasteiger partial charge in [-0.25, -0.2) is 0 Å². The summed E-state index contributed by atoms with van der Waals surface area (Å²) >= 11 is 0. The van der Waals surface area contributed by atoms with Crippen LogP contribution in [0.5, 0.6) is 5.75 Å². The van der Waals surface area contributed by atoms with Crippen LogP contribution in [-0.4, -0.2) is 38.8 Å². The fourth-order valence-corrected chi connectivity index (χ4v) is 2.64. The standard InChI is InChI=1S/C17H24O4/c1-3-20-14-10-13(11-14)12-16(18)15-6-4-5-7-17(15)21-9-8-19-2/h4-7,13-14H,3,8-12H2,1-2H3. The Bertz CT molecular complexity index is 452. The predicted molar refractivity (Wildman–Crippen MR) is 80.9 cm³/mol. The van der Waals surface area contributed by atoms with E-state index in [4.69, 9.17) is 14.2 Å². The maximum absolute atomic E-state index is 12.4. The molecule has 2 rings (SSSR count). The van der Waals surface area contributed by atoms with Crippen LogP contribution >= 0.6 is 0 Å². The van der Waals surface area contributed by atoms with E-state index >= 15 is 0 Å². The van der Waals surface area contributed by atoms with Crippen LogP contribution in [0.3, 0.4) is 0 Å². The lowest BCUT2D eigenvalue weighted by molar-refractivity contribution is -0.0246. The number of ether oxygens (including phenoxy) is 3. The first-order chi connectivity index (χ1) is 10.2. The van der Waals surface area contributed by atoms with Crippen molar-refractivity contribution in [2.75, 3.05) is 26.9 Å². The average Bonchev–Trinajstić information content (AvgIpc) is 2.46. The van der Waals surface area contributed by atoms with Gasteiger partial charge in [0, 0.05) is 20.1 Å². The van der Waals surface area contributed by atoms with Gasteiger partial charge in [0.1, 0.15) is 12.4 Å². The first-order valence-corrected chi connectivity index (χ1v) is 7.60. The molecule has 1 aromatic rings. The maximum atomic E-state index is 12.4. The van der Waals surface area contributed by atoms with Crippen LogP contribution < -0.4 is 4.74 Å². The number of carbonyl (C=O) groups excluding carboxylic acids is 1. The van der Waals surface area contributed by atoms with Crippen molar-refractivity contribution >= 4 is 5.78 Å². The number of hydrogen-bond donors (Lipinski definition) is 0. The lowest BCUT2D eigenvalue weighted by atomic mass is 9.78. The van der Waals surface area contributed by atoms with Crippen LogP contribution in [0.2, 0.25) is 0 Å². The van der Waals surface area contributed by atoms with E-state index in [1.807, 2.05) is 31.2 Å². The topological polar surface area (TPSA) is 44.8 Å². The normalized spacial score (nSPS) is 20.9. The molecule has 4 nitrogen and oxygen atoms in total. The molecular formula is C17H24O4. The lowest BCUT2D eigenvalue weighted by Gasteiger charge is -2.34. The number of methoxy groups -OCH3 is 1. The third kappa shape index (κ3) is 4.55. The molecule has 0 N–H and O–H groups in total. The minimum Gasteiger partial charge on any atom is -0.490 e. The van der Waals surface area contributed by atoms with Crippen LogP contribution in [0.25, 0.3) is 0 Å². The van der Waals surface area contributed by atoms with Crippen LogP contribution in [0.1, 0.15) is 36.5 Å². The van der Waals surface area contributed by atoms with E-state index in [9.17, 15) is 4.79 Å². The van der Waals surface area contributed by atoms with E-state index in [-0.39, 0.29) is 5.78 Å².